The van der Waals surface area contributed by atoms with Crippen LogP contribution in [-0.2, 0) is 4.74 Å². The van der Waals surface area contributed by atoms with E-state index in [1.54, 1.807) is 0 Å². The van der Waals surface area contributed by atoms with Gasteiger partial charge in [-0.25, -0.2) is 18.6 Å². The number of pyridine rings is 1. The molecule has 2 N–H and O–H groups in total. The van der Waals surface area contributed by atoms with Gasteiger partial charge in [0.2, 0.25) is 5.88 Å². The Morgan fingerprint density at radius 3 is 2.56 bits per heavy atom. The number of ether oxygens (including phenoxy) is 2. The van der Waals surface area contributed by atoms with Crippen molar-refractivity contribution in [2.45, 2.75) is 6.43 Å². The molecule has 88 valence electrons. The molecule has 0 saturated carbocycles. The second-order valence-corrected chi connectivity index (χ2v) is 2.80. The van der Waals surface area contributed by atoms with Crippen LogP contribution in [0.15, 0.2) is 6.20 Å². The van der Waals surface area contributed by atoms with Gasteiger partial charge >= 0.3 is 5.97 Å². The second kappa shape index (κ2) is 4.73. The van der Waals surface area contributed by atoms with E-state index in [1.807, 2.05) is 0 Å². The third-order valence-electron chi connectivity index (χ3n) is 1.92. The van der Waals surface area contributed by atoms with Crippen molar-refractivity contribution in [1.82, 2.24) is 4.98 Å². The summed E-state index contributed by atoms with van der Waals surface area (Å²) < 4.78 is 34.6. The lowest BCUT2D eigenvalue weighted by Gasteiger charge is -2.12. The first kappa shape index (κ1) is 12.2. The van der Waals surface area contributed by atoms with E-state index in [0.29, 0.717) is 0 Å². The van der Waals surface area contributed by atoms with Gasteiger partial charge in [0, 0.05) is 0 Å². The monoisotopic (exact) mass is 232 g/mol. The molecule has 7 heteroatoms. The van der Waals surface area contributed by atoms with Crippen LogP contribution in [0.3, 0.4) is 0 Å². The molecular weight excluding hydrogens is 222 g/mol. The van der Waals surface area contributed by atoms with Crippen LogP contribution in [0.1, 0.15) is 22.3 Å². The number of aromatic nitrogens is 1. The van der Waals surface area contributed by atoms with Crippen molar-refractivity contribution in [3.63, 3.8) is 0 Å². The molecule has 1 heterocycles. The Labute approximate surface area is 90.2 Å². The highest BCUT2D eigenvalue weighted by Gasteiger charge is 2.27. The van der Waals surface area contributed by atoms with Crippen LogP contribution >= 0.6 is 0 Å². The number of hydrogen-bond acceptors (Lipinski definition) is 5. The van der Waals surface area contributed by atoms with E-state index in [4.69, 9.17) is 10.5 Å². The molecule has 0 unspecified atom stereocenters. The first-order valence-corrected chi connectivity index (χ1v) is 4.21. The highest BCUT2D eigenvalue weighted by atomic mass is 19.3. The molecule has 0 atom stereocenters. The average molecular weight is 232 g/mol. The van der Waals surface area contributed by atoms with Gasteiger partial charge in [-0.2, -0.15) is 0 Å². The summed E-state index contributed by atoms with van der Waals surface area (Å²) in [5.74, 6) is -1.21. The fraction of sp³-hybridized carbons (Fsp3) is 0.333. The maximum absolute atomic E-state index is 12.7. The van der Waals surface area contributed by atoms with E-state index in [9.17, 15) is 13.6 Å². The first-order chi connectivity index (χ1) is 7.52. The summed E-state index contributed by atoms with van der Waals surface area (Å²) in [6.45, 7) is 0. The van der Waals surface area contributed by atoms with E-state index in [2.05, 4.69) is 9.72 Å². The summed E-state index contributed by atoms with van der Waals surface area (Å²) in [5, 5.41) is 0. The zero-order valence-electron chi connectivity index (χ0n) is 8.66. The first-order valence-electron chi connectivity index (χ1n) is 4.21. The van der Waals surface area contributed by atoms with Crippen molar-refractivity contribution < 1.29 is 23.0 Å². The molecule has 0 aromatic carbocycles. The van der Waals surface area contributed by atoms with Gasteiger partial charge in [0.15, 0.2) is 0 Å². The lowest BCUT2D eigenvalue weighted by atomic mass is 10.1. The molecule has 1 aromatic heterocycles. The topological polar surface area (TPSA) is 74.4 Å². The summed E-state index contributed by atoms with van der Waals surface area (Å²) in [7, 11) is 2.28. The van der Waals surface area contributed by atoms with Gasteiger partial charge in [-0.1, -0.05) is 0 Å². The number of nitrogens with zero attached hydrogens (tertiary/aromatic N) is 1. The number of rotatable bonds is 3. The Bertz CT molecular complexity index is 410. The van der Waals surface area contributed by atoms with Gasteiger partial charge in [-0.05, 0) is 0 Å². The molecule has 0 amide bonds. The number of alkyl halides is 2. The third-order valence-corrected chi connectivity index (χ3v) is 1.92. The van der Waals surface area contributed by atoms with E-state index in [1.165, 1.54) is 7.11 Å². The smallest absolute Gasteiger partial charge is 0.343 e. The fourth-order valence-corrected chi connectivity index (χ4v) is 1.21. The number of esters is 1. The van der Waals surface area contributed by atoms with Crippen LogP contribution < -0.4 is 10.5 Å². The molecule has 5 nitrogen and oxygen atoms in total. The van der Waals surface area contributed by atoms with E-state index < -0.39 is 23.5 Å². The normalized spacial score (nSPS) is 10.3. The quantitative estimate of drug-likeness (QED) is 0.797. The molecule has 0 aliphatic rings. The summed E-state index contributed by atoms with van der Waals surface area (Å²) >= 11 is 0. The van der Waals surface area contributed by atoms with E-state index in [0.717, 1.165) is 13.3 Å². The van der Waals surface area contributed by atoms with Crippen LogP contribution in [-0.4, -0.2) is 25.2 Å². The summed E-state index contributed by atoms with van der Waals surface area (Å²) in [6.07, 6.45) is -1.90. The molecule has 1 aromatic rings. The lowest BCUT2D eigenvalue weighted by molar-refractivity contribution is 0.0584. The van der Waals surface area contributed by atoms with Crippen molar-refractivity contribution in [2.24, 2.45) is 0 Å². The highest BCUT2D eigenvalue weighted by molar-refractivity contribution is 5.95. The summed E-state index contributed by atoms with van der Waals surface area (Å²) in [6, 6.07) is 0. The van der Waals surface area contributed by atoms with E-state index in [-0.39, 0.29) is 11.6 Å². The lowest BCUT2D eigenvalue weighted by Crippen LogP contribution is -2.12. The number of carbonyl (C=O) groups excluding carboxylic acids is 1. The average Bonchev–Trinajstić information content (AvgIpc) is 2.27. The van der Waals surface area contributed by atoms with Gasteiger partial charge in [0.1, 0.15) is 5.56 Å². The number of anilines is 1. The molecule has 0 saturated heterocycles. The molecule has 0 bridgehead atoms. The molecular formula is C9H10F2N2O3. The summed E-state index contributed by atoms with van der Waals surface area (Å²) in [4.78, 5) is 15.0. The van der Waals surface area contributed by atoms with Gasteiger partial charge in [-0.15, -0.1) is 0 Å². The van der Waals surface area contributed by atoms with Gasteiger partial charge in [0.25, 0.3) is 6.43 Å². The Kier molecular flexibility index (Phi) is 3.60. The van der Waals surface area contributed by atoms with Gasteiger partial charge < -0.3 is 15.2 Å². The molecule has 0 aliphatic heterocycles. The van der Waals surface area contributed by atoms with Crippen molar-refractivity contribution in [1.29, 1.82) is 0 Å². The van der Waals surface area contributed by atoms with Crippen LogP contribution in [0.2, 0.25) is 0 Å². The largest absolute Gasteiger partial charge is 0.480 e. The number of methoxy groups -OCH3 is 2. The minimum absolute atomic E-state index is 0.239. The van der Waals surface area contributed by atoms with Crippen LogP contribution in [0.4, 0.5) is 14.5 Å². The number of halogens is 2. The molecule has 0 radical (unpaired) electrons. The van der Waals surface area contributed by atoms with Crippen molar-refractivity contribution >= 4 is 11.7 Å². The minimum Gasteiger partial charge on any atom is -0.480 e. The van der Waals surface area contributed by atoms with Crippen LogP contribution in [0.5, 0.6) is 5.88 Å². The van der Waals surface area contributed by atoms with Crippen LogP contribution in [0, 0.1) is 0 Å². The van der Waals surface area contributed by atoms with Gasteiger partial charge in [-0.3, -0.25) is 0 Å². The highest BCUT2D eigenvalue weighted by Crippen LogP contribution is 2.33. The molecule has 16 heavy (non-hydrogen) atoms. The number of nitrogens with two attached hydrogens (primary N) is 1. The van der Waals surface area contributed by atoms with Crippen molar-refractivity contribution in [3.05, 3.63) is 17.3 Å². The predicted octanol–water partition coefficient (Wildman–Crippen LogP) is 1.40. The SMILES string of the molecule is COC(=O)c1c(OC)ncc(N)c1C(F)F. The fourth-order valence-electron chi connectivity index (χ4n) is 1.21. The number of hydrogen-bond donors (Lipinski definition) is 1. The Balaban J connectivity index is 3.48. The molecule has 1 rings (SSSR count). The third kappa shape index (κ3) is 2.02. The molecule has 0 aliphatic carbocycles. The Morgan fingerprint density at radius 2 is 2.12 bits per heavy atom. The van der Waals surface area contributed by atoms with Gasteiger partial charge in [0.05, 0.1) is 31.7 Å². The number of carbonyl (C=O) groups is 1. The van der Waals surface area contributed by atoms with E-state index >= 15 is 0 Å². The molecule has 0 fully saturated rings. The van der Waals surface area contributed by atoms with Crippen molar-refractivity contribution in [3.8, 4) is 5.88 Å². The second-order valence-electron chi connectivity index (χ2n) is 2.80. The zero-order valence-corrected chi connectivity index (χ0v) is 8.66. The zero-order chi connectivity index (χ0) is 12.3. The standard InChI is InChI=1S/C9H10F2N2O3/c1-15-8-6(9(14)16-2)5(7(10)11)4(12)3-13-8/h3,7H,12H2,1-2H3. The number of nitrogen functional groups attached to an aromatic ring is 1. The Morgan fingerprint density at radius 1 is 1.50 bits per heavy atom. The van der Waals surface area contributed by atoms with Crippen LogP contribution in [0.25, 0.3) is 0 Å². The Hall–Kier alpha value is -1.92. The maximum atomic E-state index is 12.7. The summed E-state index contributed by atoms with van der Waals surface area (Å²) in [5.41, 5.74) is 3.98. The van der Waals surface area contributed by atoms with Crippen molar-refractivity contribution in [2.75, 3.05) is 20.0 Å². The minimum atomic E-state index is -2.91. The maximum Gasteiger partial charge on any atom is 0.343 e. The predicted molar refractivity (Wildman–Crippen MR) is 51.5 cm³/mol. The molecule has 0 spiro atoms.